The molecule has 1 aromatic heterocycles. The molecule has 9 heteroatoms. The lowest BCUT2D eigenvalue weighted by Crippen LogP contribution is -2.48. The van der Waals surface area contributed by atoms with Gasteiger partial charge in [-0.3, -0.25) is 9.69 Å². The zero-order valence-corrected chi connectivity index (χ0v) is 18.9. The molecular weight excluding hydrogens is 428 g/mol. The van der Waals surface area contributed by atoms with Crippen molar-refractivity contribution in [1.82, 2.24) is 19.5 Å². The first kappa shape index (κ1) is 22.2. The van der Waals surface area contributed by atoms with E-state index in [0.29, 0.717) is 49.1 Å². The summed E-state index contributed by atoms with van der Waals surface area (Å²) in [5, 5.41) is 2.60. The molecule has 0 aliphatic carbocycles. The third kappa shape index (κ3) is 4.59. The summed E-state index contributed by atoms with van der Waals surface area (Å²) in [4.78, 5) is 18.9. The third-order valence-corrected chi connectivity index (χ3v) is 7.51. The number of nitrogens with one attached hydrogen (secondary N) is 1. The Morgan fingerprint density at radius 2 is 1.69 bits per heavy atom. The Hall–Kier alpha value is -3.01. The van der Waals surface area contributed by atoms with Gasteiger partial charge < -0.3 is 9.73 Å². The van der Waals surface area contributed by atoms with Crippen molar-refractivity contribution in [2.75, 3.05) is 33.2 Å². The van der Waals surface area contributed by atoms with Crippen LogP contribution in [0, 0.1) is 6.92 Å². The van der Waals surface area contributed by atoms with E-state index in [-0.39, 0.29) is 5.91 Å². The van der Waals surface area contributed by atoms with Gasteiger partial charge in [-0.15, -0.1) is 0 Å². The maximum atomic E-state index is 12.8. The van der Waals surface area contributed by atoms with Crippen molar-refractivity contribution in [2.45, 2.75) is 18.4 Å². The second kappa shape index (κ2) is 9.23. The molecule has 1 N–H and O–H groups in total. The number of benzene rings is 2. The van der Waals surface area contributed by atoms with E-state index in [2.05, 4.69) is 15.2 Å². The molecule has 8 nitrogen and oxygen atoms in total. The zero-order valence-electron chi connectivity index (χ0n) is 18.1. The first-order valence-corrected chi connectivity index (χ1v) is 11.9. The van der Waals surface area contributed by atoms with Crippen LogP contribution in [0.25, 0.3) is 11.5 Å². The van der Waals surface area contributed by atoms with E-state index in [1.54, 1.807) is 43.4 Å². The standard InChI is InChI=1S/C23H26N4O4S/c1-17-21(25-23(31-17)19-10-8-18(9-11-19)22(28)24-2)16-26-12-14-27(15-13-26)32(29,30)20-6-4-3-5-7-20/h3-11H,12-16H2,1-2H3,(H,24,28). The normalized spacial score (nSPS) is 15.6. The number of aryl methyl sites for hydroxylation is 1. The minimum atomic E-state index is -3.47. The van der Waals surface area contributed by atoms with Gasteiger partial charge in [-0.05, 0) is 43.3 Å². The van der Waals surface area contributed by atoms with Crippen LogP contribution < -0.4 is 5.32 Å². The molecule has 1 amide bonds. The number of rotatable bonds is 6. The maximum Gasteiger partial charge on any atom is 0.251 e. The average molecular weight is 455 g/mol. The molecule has 2 heterocycles. The molecule has 2 aromatic carbocycles. The number of carbonyl (C=O) groups excluding carboxylic acids is 1. The zero-order chi connectivity index (χ0) is 22.7. The molecule has 0 unspecified atom stereocenters. The maximum absolute atomic E-state index is 12.8. The quantitative estimate of drug-likeness (QED) is 0.615. The highest BCUT2D eigenvalue weighted by molar-refractivity contribution is 7.89. The number of sulfonamides is 1. The fourth-order valence-corrected chi connectivity index (χ4v) is 5.13. The lowest BCUT2D eigenvalue weighted by atomic mass is 10.1. The summed E-state index contributed by atoms with van der Waals surface area (Å²) in [7, 11) is -1.87. The molecule has 3 aromatic rings. The number of hydrogen-bond donors (Lipinski definition) is 1. The Bertz CT molecular complexity index is 1180. The summed E-state index contributed by atoms with van der Waals surface area (Å²) < 4.78 is 33.0. The van der Waals surface area contributed by atoms with Crippen molar-refractivity contribution in [2.24, 2.45) is 0 Å². The van der Waals surface area contributed by atoms with Gasteiger partial charge in [-0.25, -0.2) is 13.4 Å². The second-order valence-corrected chi connectivity index (χ2v) is 9.61. The molecule has 1 saturated heterocycles. The Labute approximate surface area is 187 Å². The molecule has 0 spiro atoms. The van der Waals surface area contributed by atoms with Gasteiger partial charge in [0.2, 0.25) is 15.9 Å². The predicted octanol–water partition coefficient (Wildman–Crippen LogP) is 2.52. The van der Waals surface area contributed by atoms with E-state index < -0.39 is 10.0 Å². The van der Waals surface area contributed by atoms with Crippen LogP contribution in [-0.2, 0) is 16.6 Å². The van der Waals surface area contributed by atoms with Crippen LogP contribution in [0.15, 0.2) is 63.9 Å². The van der Waals surface area contributed by atoms with Crippen LogP contribution >= 0.6 is 0 Å². The predicted molar refractivity (Wildman–Crippen MR) is 121 cm³/mol. The Balaban J connectivity index is 1.40. The molecule has 0 radical (unpaired) electrons. The second-order valence-electron chi connectivity index (χ2n) is 7.67. The molecular formula is C23H26N4O4S. The average Bonchev–Trinajstić information content (AvgIpc) is 3.19. The van der Waals surface area contributed by atoms with Gasteiger partial charge in [0.1, 0.15) is 5.76 Å². The minimum absolute atomic E-state index is 0.144. The van der Waals surface area contributed by atoms with Crippen molar-refractivity contribution < 1.29 is 17.6 Å². The van der Waals surface area contributed by atoms with E-state index in [0.717, 1.165) is 17.0 Å². The van der Waals surface area contributed by atoms with Crippen molar-refractivity contribution in [3.63, 3.8) is 0 Å². The van der Waals surface area contributed by atoms with Crippen LogP contribution in [0.4, 0.5) is 0 Å². The monoisotopic (exact) mass is 454 g/mol. The summed E-state index contributed by atoms with van der Waals surface area (Å²) in [6.07, 6.45) is 0. The largest absolute Gasteiger partial charge is 0.441 e. The number of carbonyl (C=O) groups is 1. The summed E-state index contributed by atoms with van der Waals surface area (Å²) in [5.41, 5.74) is 2.20. The summed E-state index contributed by atoms with van der Waals surface area (Å²) in [6.45, 7) is 4.57. The highest BCUT2D eigenvalue weighted by Gasteiger charge is 2.29. The van der Waals surface area contributed by atoms with E-state index >= 15 is 0 Å². The van der Waals surface area contributed by atoms with Gasteiger partial charge in [0.05, 0.1) is 10.6 Å². The van der Waals surface area contributed by atoms with Gasteiger partial charge in [-0.1, -0.05) is 18.2 Å². The number of oxazole rings is 1. The lowest BCUT2D eigenvalue weighted by molar-refractivity contribution is 0.0963. The van der Waals surface area contributed by atoms with Crippen molar-refractivity contribution in [1.29, 1.82) is 0 Å². The van der Waals surface area contributed by atoms with Crippen molar-refractivity contribution >= 4 is 15.9 Å². The fraction of sp³-hybridized carbons (Fsp3) is 0.304. The molecule has 168 valence electrons. The molecule has 1 aliphatic rings. The first-order chi connectivity index (χ1) is 15.4. The minimum Gasteiger partial charge on any atom is -0.441 e. The number of hydrogen-bond acceptors (Lipinski definition) is 6. The number of aromatic nitrogens is 1. The highest BCUT2D eigenvalue weighted by atomic mass is 32.2. The van der Waals surface area contributed by atoms with Crippen LogP contribution in [0.5, 0.6) is 0 Å². The van der Waals surface area contributed by atoms with E-state index in [4.69, 9.17) is 4.42 Å². The van der Waals surface area contributed by atoms with E-state index in [1.807, 2.05) is 25.1 Å². The molecule has 0 atom stereocenters. The van der Waals surface area contributed by atoms with Crippen LogP contribution in [0.3, 0.4) is 0 Å². The molecule has 1 fully saturated rings. The van der Waals surface area contributed by atoms with Crippen LogP contribution in [0.1, 0.15) is 21.8 Å². The van der Waals surface area contributed by atoms with Crippen LogP contribution in [0.2, 0.25) is 0 Å². The number of piperazine rings is 1. The highest BCUT2D eigenvalue weighted by Crippen LogP contribution is 2.24. The summed E-state index contributed by atoms with van der Waals surface area (Å²) >= 11 is 0. The summed E-state index contributed by atoms with van der Waals surface area (Å²) in [6, 6.07) is 15.6. The first-order valence-electron chi connectivity index (χ1n) is 10.4. The Morgan fingerprint density at radius 1 is 1.03 bits per heavy atom. The topological polar surface area (TPSA) is 95.8 Å². The van der Waals surface area contributed by atoms with Crippen molar-refractivity contribution in [3.05, 3.63) is 71.6 Å². The molecule has 32 heavy (non-hydrogen) atoms. The third-order valence-electron chi connectivity index (χ3n) is 5.60. The number of amides is 1. The molecule has 0 saturated carbocycles. The van der Waals surface area contributed by atoms with Gasteiger partial charge >= 0.3 is 0 Å². The van der Waals surface area contributed by atoms with Crippen LogP contribution in [-0.4, -0.2) is 61.7 Å². The smallest absolute Gasteiger partial charge is 0.251 e. The summed E-state index contributed by atoms with van der Waals surface area (Å²) in [5.74, 6) is 1.09. The Morgan fingerprint density at radius 3 is 2.31 bits per heavy atom. The van der Waals surface area contributed by atoms with Gasteiger partial charge in [0, 0.05) is 50.9 Å². The molecule has 4 rings (SSSR count). The molecule has 1 aliphatic heterocycles. The van der Waals surface area contributed by atoms with Gasteiger partial charge in [-0.2, -0.15) is 4.31 Å². The molecule has 0 bridgehead atoms. The SMILES string of the molecule is CNC(=O)c1ccc(-c2nc(CN3CCN(S(=O)(=O)c4ccccc4)CC3)c(C)o2)cc1. The van der Waals surface area contributed by atoms with E-state index in [1.165, 1.54) is 4.31 Å². The van der Waals surface area contributed by atoms with E-state index in [9.17, 15) is 13.2 Å². The van der Waals surface area contributed by atoms with Gasteiger partial charge in [0.15, 0.2) is 0 Å². The Kier molecular flexibility index (Phi) is 6.40. The fourth-order valence-electron chi connectivity index (χ4n) is 3.69. The van der Waals surface area contributed by atoms with Gasteiger partial charge in [0.25, 0.3) is 5.91 Å². The lowest BCUT2D eigenvalue weighted by Gasteiger charge is -2.33. The van der Waals surface area contributed by atoms with Crippen molar-refractivity contribution in [3.8, 4) is 11.5 Å². The number of nitrogens with zero attached hydrogens (tertiary/aromatic N) is 3.